The van der Waals surface area contributed by atoms with E-state index in [0.29, 0.717) is 23.9 Å². The van der Waals surface area contributed by atoms with Gasteiger partial charge in [0.2, 0.25) is 0 Å². The topological polar surface area (TPSA) is 85.9 Å². The smallest absolute Gasteiger partial charge is 0.276 e. The number of hydrazine groups is 1. The van der Waals surface area contributed by atoms with Gasteiger partial charge in [0.15, 0.2) is 13.2 Å². The van der Waals surface area contributed by atoms with E-state index in [1.807, 2.05) is 62.4 Å². The number of rotatable bonds is 9. The summed E-state index contributed by atoms with van der Waals surface area (Å²) in [5.74, 6) is 0.873. The van der Waals surface area contributed by atoms with Crippen LogP contribution in [-0.4, -0.2) is 25.0 Å². The van der Waals surface area contributed by atoms with Gasteiger partial charge in [-0.3, -0.25) is 20.4 Å². The molecule has 0 saturated carbocycles. The molecule has 3 rings (SSSR count). The minimum Gasteiger partial charge on any atom is -0.489 e. The third kappa shape index (κ3) is 7.36. The summed E-state index contributed by atoms with van der Waals surface area (Å²) >= 11 is 0. The molecule has 0 aromatic heterocycles. The average molecular weight is 434 g/mol. The molecule has 0 atom stereocenters. The highest BCUT2D eigenvalue weighted by atomic mass is 16.5. The van der Waals surface area contributed by atoms with Crippen LogP contribution in [0.25, 0.3) is 0 Å². The van der Waals surface area contributed by atoms with Gasteiger partial charge in [0.1, 0.15) is 23.9 Å². The van der Waals surface area contributed by atoms with Crippen molar-refractivity contribution in [3.63, 3.8) is 0 Å². The normalized spacial score (nSPS) is 10.2. The number of amides is 2. The van der Waals surface area contributed by atoms with Crippen LogP contribution in [0, 0.1) is 13.8 Å². The van der Waals surface area contributed by atoms with Gasteiger partial charge in [-0.25, -0.2) is 0 Å². The van der Waals surface area contributed by atoms with Gasteiger partial charge in [-0.05, 0) is 60.9 Å². The average Bonchev–Trinajstić information content (AvgIpc) is 2.82. The molecular formula is C25H26N2O5. The lowest BCUT2D eigenvalue weighted by molar-refractivity contribution is -0.131. The lowest BCUT2D eigenvalue weighted by atomic mass is 10.1. The van der Waals surface area contributed by atoms with Crippen molar-refractivity contribution in [2.75, 3.05) is 13.2 Å². The molecule has 2 N–H and O–H groups in total. The van der Waals surface area contributed by atoms with E-state index in [1.165, 1.54) is 0 Å². The largest absolute Gasteiger partial charge is 0.489 e. The first-order chi connectivity index (χ1) is 15.5. The van der Waals surface area contributed by atoms with Crippen molar-refractivity contribution >= 4 is 11.8 Å². The van der Waals surface area contributed by atoms with Crippen LogP contribution in [-0.2, 0) is 16.2 Å². The van der Waals surface area contributed by atoms with Crippen LogP contribution in [0.1, 0.15) is 16.7 Å². The summed E-state index contributed by atoms with van der Waals surface area (Å²) in [6, 6.07) is 22.6. The van der Waals surface area contributed by atoms with Crippen LogP contribution >= 0.6 is 0 Å². The number of aryl methyl sites for hydroxylation is 2. The van der Waals surface area contributed by atoms with Gasteiger partial charge < -0.3 is 14.2 Å². The number of hydrogen-bond donors (Lipinski definition) is 2. The van der Waals surface area contributed by atoms with E-state index in [9.17, 15) is 9.59 Å². The highest BCUT2D eigenvalue weighted by Crippen LogP contribution is 2.19. The van der Waals surface area contributed by atoms with E-state index in [4.69, 9.17) is 14.2 Å². The molecule has 3 aromatic carbocycles. The van der Waals surface area contributed by atoms with Gasteiger partial charge in [0, 0.05) is 0 Å². The Labute approximate surface area is 187 Å². The molecule has 166 valence electrons. The first-order valence-electron chi connectivity index (χ1n) is 10.2. The lowest BCUT2D eigenvalue weighted by Crippen LogP contribution is -2.45. The standard InChI is InChI=1S/C25H26N2O5/c1-18-8-9-19(2)23(14-18)32-17-25(29)27-26-24(28)16-31-22-12-10-21(11-13-22)30-15-20-6-4-3-5-7-20/h3-14H,15-17H2,1-2H3,(H,26,28)(H,27,29). The molecule has 0 fully saturated rings. The van der Waals surface area contributed by atoms with Crippen LogP contribution in [0.5, 0.6) is 17.2 Å². The number of nitrogens with one attached hydrogen (secondary N) is 2. The Kier molecular flexibility index (Phi) is 8.09. The number of carbonyl (C=O) groups excluding carboxylic acids is 2. The first kappa shape index (κ1) is 22.7. The second kappa shape index (κ2) is 11.4. The van der Waals surface area contributed by atoms with E-state index in [0.717, 1.165) is 16.7 Å². The maximum atomic E-state index is 11.9. The maximum Gasteiger partial charge on any atom is 0.276 e. The molecule has 0 heterocycles. The predicted molar refractivity (Wildman–Crippen MR) is 120 cm³/mol. The Balaban J connectivity index is 1.34. The quantitative estimate of drug-likeness (QED) is 0.504. The zero-order valence-electron chi connectivity index (χ0n) is 18.1. The van der Waals surface area contributed by atoms with Crippen molar-refractivity contribution in [1.29, 1.82) is 0 Å². The molecule has 2 amide bonds. The monoisotopic (exact) mass is 434 g/mol. The molecule has 0 aliphatic rings. The second-order valence-corrected chi connectivity index (χ2v) is 7.19. The molecule has 0 unspecified atom stereocenters. The fourth-order valence-electron chi connectivity index (χ4n) is 2.74. The SMILES string of the molecule is Cc1ccc(C)c(OCC(=O)NNC(=O)COc2ccc(OCc3ccccc3)cc2)c1. The number of hydrogen-bond acceptors (Lipinski definition) is 5. The highest BCUT2D eigenvalue weighted by molar-refractivity contribution is 5.83. The molecule has 0 spiro atoms. The van der Waals surface area contributed by atoms with Crippen LogP contribution in [0.3, 0.4) is 0 Å². The summed E-state index contributed by atoms with van der Waals surface area (Å²) in [5.41, 5.74) is 7.64. The summed E-state index contributed by atoms with van der Waals surface area (Å²) in [5, 5.41) is 0. The molecule has 32 heavy (non-hydrogen) atoms. The first-order valence-corrected chi connectivity index (χ1v) is 10.2. The van der Waals surface area contributed by atoms with Crippen molar-refractivity contribution in [1.82, 2.24) is 10.9 Å². The minimum absolute atomic E-state index is 0.212. The Morgan fingerprint density at radius 3 is 1.97 bits per heavy atom. The Hall–Kier alpha value is -4.00. The summed E-state index contributed by atoms with van der Waals surface area (Å²) in [4.78, 5) is 23.8. The molecule has 0 aliphatic heterocycles. The molecule has 7 nitrogen and oxygen atoms in total. The van der Waals surface area contributed by atoms with Gasteiger partial charge in [0.25, 0.3) is 11.8 Å². The number of carbonyl (C=O) groups is 2. The fourth-order valence-corrected chi connectivity index (χ4v) is 2.74. The summed E-state index contributed by atoms with van der Waals surface area (Å²) in [6.07, 6.45) is 0. The van der Waals surface area contributed by atoms with E-state index in [-0.39, 0.29) is 13.2 Å². The number of benzene rings is 3. The lowest BCUT2D eigenvalue weighted by Gasteiger charge is -2.11. The highest BCUT2D eigenvalue weighted by Gasteiger charge is 2.08. The van der Waals surface area contributed by atoms with Crippen molar-refractivity contribution < 1.29 is 23.8 Å². The molecule has 0 aliphatic carbocycles. The van der Waals surface area contributed by atoms with Crippen molar-refractivity contribution in [2.45, 2.75) is 20.5 Å². The Morgan fingerprint density at radius 2 is 1.31 bits per heavy atom. The van der Waals surface area contributed by atoms with E-state index >= 15 is 0 Å². The molecular weight excluding hydrogens is 408 g/mol. The van der Waals surface area contributed by atoms with Crippen LogP contribution in [0.15, 0.2) is 72.8 Å². The van der Waals surface area contributed by atoms with E-state index in [2.05, 4.69) is 10.9 Å². The van der Waals surface area contributed by atoms with Crippen molar-refractivity contribution in [3.05, 3.63) is 89.5 Å². The summed E-state index contributed by atoms with van der Waals surface area (Å²) in [6.45, 7) is 3.85. The van der Waals surface area contributed by atoms with Gasteiger partial charge >= 0.3 is 0 Å². The van der Waals surface area contributed by atoms with Crippen LogP contribution in [0.2, 0.25) is 0 Å². The Morgan fingerprint density at radius 1 is 0.719 bits per heavy atom. The third-order valence-corrected chi connectivity index (χ3v) is 4.49. The molecule has 7 heteroatoms. The molecule has 3 aromatic rings. The molecule has 0 radical (unpaired) electrons. The van der Waals surface area contributed by atoms with Gasteiger partial charge in [-0.2, -0.15) is 0 Å². The Bertz CT molecular complexity index is 1040. The van der Waals surface area contributed by atoms with Crippen molar-refractivity contribution in [3.8, 4) is 17.2 Å². The summed E-state index contributed by atoms with van der Waals surface area (Å²) < 4.78 is 16.6. The van der Waals surface area contributed by atoms with E-state index < -0.39 is 11.8 Å². The van der Waals surface area contributed by atoms with Gasteiger partial charge in [-0.15, -0.1) is 0 Å². The number of ether oxygens (including phenoxy) is 3. The fraction of sp³-hybridized carbons (Fsp3) is 0.200. The zero-order valence-corrected chi connectivity index (χ0v) is 18.1. The molecule has 0 saturated heterocycles. The maximum absolute atomic E-state index is 11.9. The van der Waals surface area contributed by atoms with Gasteiger partial charge in [0.05, 0.1) is 0 Å². The summed E-state index contributed by atoms with van der Waals surface area (Å²) in [7, 11) is 0. The predicted octanol–water partition coefficient (Wildman–Crippen LogP) is 3.49. The van der Waals surface area contributed by atoms with Gasteiger partial charge in [-0.1, -0.05) is 42.5 Å². The third-order valence-electron chi connectivity index (χ3n) is 4.49. The van der Waals surface area contributed by atoms with E-state index in [1.54, 1.807) is 24.3 Å². The van der Waals surface area contributed by atoms with Crippen molar-refractivity contribution in [2.24, 2.45) is 0 Å². The zero-order chi connectivity index (χ0) is 22.8. The minimum atomic E-state index is -0.491. The van der Waals surface area contributed by atoms with Crippen LogP contribution < -0.4 is 25.1 Å². The second-order valence-electron chi connectivity index (χ2n) is 7.19. The van der Waals surface area contributed by atoms with Crippen LogP contribution in [0.4, 0.5) is 0 Å². The molecule has 0 bridgehead atoms.